The molecule has 30 heavy (non-hydrogen) atoms. The molecule has 0 bridgehead atoms. The van der Waals surface area contributed by atoms with Gasteiger partial charge in [-0.05, 0) is 49.6 Å². The minimum Gasteiger partial charge on any atom is -0.460 e. The van der Waals surface area contributed by atoms with E-state index in [1.54, 1.807) is 24.5 Å². The number of rotatable bonds is 5. The number of pyridine rings is 1. The van der Waals surface area contributed by atoms with Crippen molar-refractivity contribution in [2.75, 3.05) is 0 Å². The number of benzene rings is 1. The van der Waals surface area contributed by atoms with Crippen molar-refractivity contribution in [1.29, 1.82) is 0 Å². The summed E-state index contributed by atoms with van der Waals surface area (Å²) in [5, 5.41) is 0. The minimum absolute atomic E-state index is 0.0233. The average Bonchev–Trinajstić information content (AvgIpc) is 3.13. The number of hydrogen-bond acceptors (Lipinski definition) is 6. The molecule has 4 aromatic rings. The third-order valence-corrected chi connectivity index (χ3v) is 5.27. The van der Waals surface area contributed by atoms with E-state index in [9.17, 15) is 9.18 Å². The van der Waals surface area contributed by atoms with Gasteiger partial charge in [0.1, 0.15) is 24.0 Å². The Morgan fingerprint density at radius 3 is 2.63 bits per heavy atom. The van der Waals surface area contributed by atoms with E-state index in [0.717, 1.165) is 17.5 Å². The number of aromatic nitrogens is 5. The Balaban J connectivity index is 1.35. The highest BCUT2D eigenvalue weighted by atomic mass is 19.1. The summed E-state index contributed by atoms with van der Waals surface area (Å²) in [6.07, 6.45) is 5.51. The molecule has 0 unspecified atom stereocenters. The maximum Gasteiger partial charge on any atom is 0.316 e. The predicted molar refractivity (Wildman–Crippen MR) is 108 cm³/mol. The summed E-state index contributed by atoms with van der Waals surface area (Å²) in [4.78, 5) is 30.9. The van der Waals surface area contributed by atoms with E-state index >= 15 is 0 Å². The molecule has 0 amide bonds. The van der Waals surface area contributed by atoms with Gasteiger partial charge in [0.05, 0.1) is 11.1 Å². The molecule has 8 heteroatoms. The quantitative estimate of drug-likeness (QED) is 0.508. The highest BCUT2D eigenvalue weighted by Gasteiger charge is 2.31. The lowest BCUT2D eigenvalue weighted by molar-refractivity contribution is -0.116. The van der Waals surface area contributed by atoms with Crippen LogP contribution in [0.1, 0.15) is 18.5 Å². The lowest BCUT2D eigenvalue weighted by atomic mass is 9.84. The van der Waals surface area contributed by atoms with Gasteiger partial charge in [-0.2, -0.15) is 0 Å². The first kappa shape index (κ1) is 18.4. The molecule has 0 saturated heterocycles. The Kier molecular flexibility index (Phi) is 4.46. The van der Waals surface area contributed by atoms with E-state index in [4.69, 9.17) is 4.74 Å². The van der Waals surface area contributed by atoms with Crippen LogP contribution in [0.4, 0.5) is 4.39 Å². The van der Waals surface area contributed by atoms with E-state index in [1.807, 2.05) is 19.1 Å². The number of carbonyl (C=O) groups excluding carboxylic acids is 1. The van der Waals surface area contributed by atoms with Gasteiger partial charge in [0, 0.05) is 29.6 Å². The van der Waals surface area contributed by atoms with Crippen molar-refractivity contribution in [2.24, 2.45) is 5.92 Å². The SMILES string of the molecule is Cc1ccc2[nH]c(-c3ccc(-c4cnc(OC5CC(C=O)C5)nc4)cc3F)nc2n1. The molecular weight excluding hydrogens is 385 g/mol. The van der Waals surface area contributed by atoms with Crippen LogP contribution in [0.2, 0.25) is 0 Å². The molecule has 150 valence electrons. The number of imidazole rings is 1. The number of aromatic amines is 1. The fourth-order valence-corrected chi connectivity index (χ4v) is 3.49. The fourth-order valence-electron chi connectivity index (χ4n) is 3.49. The number of fused-ring (bicyclic) bond motifs is 1. The van der Waals surface area contributed by atoms with Gasteiger partial charge in [-0.25, -0.2) is 24.3 Å². The topological polar surface area (TPSA) is 93.7 Å². The lowest BCUT2D eigenvalue weighted by Gasteiger charge is -2.30. The molecule has 7 nitrogen and oxygen atoms in total. The highest BCUT2D eigenvalue weighted by molar-refractivity contribution is 5.77. The van der Waals surface area contributed by atoms with Gasteiger partial charge in [0.2, 0.25) is 0 Å². The van der Waals surface area contributed by atoms with E-state index < -0.39 is 5.82 Å². The third-order valence-electron chi connectivity index (χ3n) is 5.27. The van der Waals surface area contributed by atoms with E-state index in [1.165, 1.54) is 6.07 Å². The van der Waals surface area contributed by atoms with Crippen LogP contribution in [0.3, 0.4) is 0 Å². The number of H-pyrrole nitrogens is 1. The Hall–Kier alpha value is -3.68. The Labute approximate surface area is 171 Å². The third kappa shape index (κ3) is 3.41. The van der Waals surface area contributed by atoms with Gasteiger partial charge < -0.3 is 14.5 Å². The first-order valence-corrected chi connectivity index (χ1v) is 9.66. The van der Waals surface area contributed by atoms with Crippen molar-refractivity contribution < 1.29 is 13.9 Å². The summed E-state index contributed by atoms with van der Waals surface area (Å²) in [5.74, 6) is 0.0987. The Morgan fingerprint density at radius 2 is 1.90 bits per heavy atom. The van der Waals surface area contributed by atoms with Crippen LogP contribution in [0.5, 0.6) is 6.01 Å². The van der Waals surface area contributed by atoms with E-state index in [2.05, 4.69) is 24.9 Å². The maximum absolute atomic E-state index is 14.8. The van der Waals surface area contributed by atoms with Gasteiger partial charge in [-0.15, -0.1) is 0 Å². The monoisotopic (exact) mass is 403 g/mol. The second-order valence-corrected chi connectivity index (χ2v) is 7.47. The summed E-state index contributed by atoms with van der Waals surface area (Å²) in [5.41, 5.74) is 3.86. The summed E-state index contributed by atoms with van der Waals surface area (Å²) in [6, 6.07) is 8.92. The smallest absolute Gasteiger partial charge is 0.316 e. The molecule has 3 heterocycles. The van der Waals surface area contributed by atoms with Crippen LogP contribution in [-0.4, -0.2) is 37.3 Å². The second kappa shape index (κ2) is 7.29. The molecule has 1 N–H and O–H groups in total. The number of halogens is 1. The fraction of sp³-hybridized carbons (Fsp3) is 0.227. The molecule has 1 fully saturated rings. The molecule has 0 radical (unpaired) electrons. The molecule has 1 saturated carbocycles. The van der Waals surface area contributed by atoms with Crippen molar-refractivity contribution in [2.45, 2.75) is 25.9 Å². The van der Waals surface area contributed by atoms with Crippen LogP contribution in [0.25, 0.3) is 33.7 Å². The van der Waals surface area contributed by atoms with Crippen molar-refractivity contribution in [1.82, 2.24) is 24.9 Å². The zero-order chi connectivity index (χ0) is 20.7. The van der Waals surface area contributed by atoms with Gasteiger partial charge in [-0.3, -0.25) is 0 Å². The van der Waals surface area contributed by atoms with Crippen LogP contribution < -0.4 is 4.74 Å². The number of carbonyl (C=O) groups is 1. The second-order valence-electron chi connectivity index (χ2n) is 7.47. The van der Waals surface area contributed by atoms with Crippen LogP contribution >= 0.6 is 0 Å². The molecule has 1 aliphatic carbocycles. The van der Waals surface area contributed by atoms with Gasteiger partial charge in [0.15, 0.2) is 5.65 Å². The summed E-state index contributed by atoms with van der Waals surface area (Å²) >= 11 is 0. The lowest BCUT2D eigenvalue weighted by Crippen LogP contribution is -2.34. The van der Waals surface area contributed by atoms with Crippen molar-refractivity contribution in [3.8, 4) is 28.5 Å². The van der Waals surface area contributed by atoms with Crippen molar-refractivity contribution >= 4 is 17.5 Å². The predicted octanol–water partition coefficient (Wildman–Crippen LogP) is 3.89. The molecule has 1 aliphatic rings. The minimum atomic E-state index is -0.405. The number of nitrogens with one attached hydrogen (secondary N) is 1. The van der Waals surface area contributed by atoms with Gasteiger partial charge in [0.25, 0.3) is 0 Å². The molecule has 3 aromatic heterocycles. The number of hydrogen-bond donors (Lipinski definition) is 1. The van der Waals surface area contributed by atoms with Crippen LogP contribution in [0.15, 0.2) is 42.7 Å². The highest BCUT2D eigenvalue weighted by Crippen LogP contribution is 2.30. The van der Waals surface area contributed by atoms with Gasteiger partial charge in [-0.1, -0.05) is 6.07 Å². The normalized spacial score (nSPS) is 18.2. The summed E-state index contributed by atoms with van der Waals surface area (Å²) < 4.78 is 20.5. The standard InChI is InChI=1S/C22H18FN5O2/c1-12-2-5-19-21(26-12)28-20(27-19)17-4-3-14(8-18(17)23)15-9-24-22(25-10-15)30-16-6-13(7-16)11-29/h2-5,8-11,13,16H,6-7H2,1H3,(H,26,27,28). The number of ether oxygens (including phenoxy) is 1. The molecule has 0 spiro atoms. The van der Waals surface area contributed by atoms with Crippen molar-refractivity contribution in [3.63, 3.8) is 0 Å². The first-order chi connectivity index (χ1) is 14.6. The number of aldehydes is 1. The first-order valence-electron chi connectivity index (χ1n) is 9.66. The van der Waals surface area contributed by atoms with E-state index in [-0.39, 0.29) is 18.0 Å². The van der Waals surface area contributed by atoms with Crippen LogP contribution in [-0.2, 0) is 4.79 Å². The average molecular weight is 403 g/mol. The molecular formula is C22H18FN5O2. The maximum atomic E-state index is 14.8. The summed E-state index contributed by atoms with van der Waals surface area (Å²) in [6.45, 7) is 1.88. The van der Waals surface area contributed by atoms with E-state index in [0.29, 0.717) is 41.0 Å². The molecule has 0 atom stereocenters. The molecule has 0 aliphatic heterocycles. The van der Waals surface area contributed by atoms with Gasteiger partial charge >= 0.3 is 6.01 Å². The number of aryl methyl sites for hydroxylation is 1. The molecule has 5 rings (SSSR count). The number of nitrogens with zero attached hydrogens (tertiary/aromatic N) is 4. The zero-order valence-electron chi connectivity index (χ0n) is 16.2. The Morgan fingerprint density at radius 1 is 1.10 bits per heavy atom. The Bertz CT molecular complexity index is 1230. The van der Waals surface area contributed by atoms with Crippen molar-refractivity contribution in [3.05, 3.63) is 54.2 Å². The zero-order valence-corrected chi connectivity index (χ0v) is 16.2. The summed E-state index contributed by atoms with van der Waals surface area (Å²) in [7, 11) is 0. The molecule has 1 aromatic carbocycles. The van der Waals surface area contributed by atoms with Crippen LogP contribution in [0, 0.1) is 18.7 Å². The largest absolute Gasteiger partial charge is 0.460 e.